The molecular weight excluding hydrogens is 322 g/mol. The summed E-state index contributed by atoms with van der Waals surface area (Å²) in [6.07, 6.45) is 2.04. The van der Waals surface area contributed by atoms with Crippen molar-refractivity contribution in [2.24, 2.45) is 0 Å². The maximum Gasteiger partial charge on any atom is 0.344 e. The molecule has 0 unspecified atom stereocenters. The van der Waals surface area contributed by atoms with Crippen LogP contribution in [0.4, 0.5) is 0 Å². The summed E-state index contributed by atoms with van der Waals surface area (Å²) < 4.78 is 15.8. The number of carbonyl (C=O) groups is 2. The third kappa shape index (κ3) is 6.38. The van der Waals surface area contributed by atoms with Crippen LogP contribution in [0.15, 0.2) is 18.2 Å². The van der Waals surface area contributed by atoms with E-state index in [2.05, 4.69) is 19.2 Å². The van der Waals surface area contributed by atoms with Gasteiger partial charge in [-0.1, -0.05) is 19.9 Å². The number of nitrogens with one attached hydrogen (secondary N) is 1. The Morgan fingerprint density at radius 2 is 2.12 bits per heavy atom. The largest absolute Gasteiger partial charge is 0.482 e. The average Bonchev–Trinajstić information content (AvgIpc) is 3.09. The van der Waals surface area contributed by atoms with E-state index in [0.717, 1.165) is 25.0 Å². The van der Waals surface area contributed by atoms with Crippen molar-refractivity contribution in [2.45, 2.75) is 45.6 Å². The van der Waals surface area contributed by atoms with Crippen LogP contribution in [0.1, 0.15) is 43.7 Å². The quantitative estimate of drug-likeness (QED) is 0.729. The van der Waals surface area contributed by atoms with E-state index in [-0.39, 0.29) is 25.2 Å². The summed E-state index contributed by atoms with van der Waals surface area (Å²) in [5.41, 5.74) is 2.37. The van der Waals surface area contributed by atoms with Crippen LogP contribution in [0.3, 0.4) is 0 Å². The molecule has 1 atom stereocenters. The Hall–Kier alpha value is -2.08. The highest BCUT2D eigenvalue weighted by Crippen LogP contribution is 2.23. The van der Waals surface area contributed by atoms with E-state index in [1.165, 1.54) is 5.56 Å². The van der Waals surface area contributed by atoms with Gasteiger partial charge < -0.3 is 19.5 Å². The van der Waals surface area contributed by atoms with Crippen molar-refractivity contribution < 1.29 is 23.8 Å². The summed E-state index contributed by atoms with van der Waals surface area (Å²) in [7, 11) is 0. The lowest BCUT2D eigenvalue weighted by molar-refractivity contribution is -0.150. The smallest absolute Gasteiger partial charge is 0.344 e. The minimum atomic E-state index is -0.571. The van der Waals surface area contributed by atoms with Crippen LogP contribution in [0.25, 0.3) is 0 Å². The summed E-state index contributed by atoms with van der Waals surface area (Å²) in [6, 6.07) is 5.74. The third-order valence-corrected chi connectivity index (χ3v) is 4.14. The molecule has 25 heavy (non-hydrogen) atoms. The third-order valence-electron chi connectivity index (χ3n) is 4.14. The molecule has 1 heterocycles. The number of hydrogen-bond donors (Lipinski definition) is 1. The first-order valence-corrected chi connectivity index (χ1v) is 8.73. The molecule has 1 aromatic carbocycles. The lowest BCUT2D eigenvalue weighted by atomic mass is 9.98. The Labute approximate surface area is 148 Å². The number of ether oxygens (including phenoxy) is 3. The van der Waals surface area contributed by atoms with E-state index in [0.29, 0.717) is 18.2 Å². The molecular formula is C19H27NO5. The molecule has 1 aromatic rings. The number of esters is 1. The van der Waals surface area contributed by atoms with E-state index in [1.54, 1.807) is 0 Å². The van der Waals surface area contributed by atoms with Gasteiger partial charge in [-0.2, -0.15) is 0 Å². The van der Waals surface area contributed by atoms with Gasteiger partial charge in [0.25, 0.3) is 5.91 Å². The Kier molecular flexibility index (Phi) is 7.25. The summed E-state index contributed by atoms with van der Waals surface area (Å²) in [4.78, 5) is 23.3. The van der Waals surface area contributed by atoms with E-state index in [9.17, 15) is 9.59 Å². The fourth-order valence-electron chi connectivity index (χ4n) is 2.80. The summed E-state index contributed by atoms with van der Waals surface area (Å²) in [5.74, 6) is 0.146. The highest BCUT2D eigenvalue weighted by molar-refractivity contribution is 5.80. The van der Waals surface area contributed by atoms with Crippen molar-refractivity contribution in [1.29, 1.82) is 0 Å². The predicted molar refractivity (Wildman–Crippen MR) is 93.7 cm³/mol. The first-order valence-electron chi connectivity index (χ1n) is 8.73. The van der Waals surface area contributed by atoms with Crippen molar-refractivity contribution in [3.8, 4) is 5.75 Å². The molecule has 2 rings (SSSR count). The molecule has 1 N–H and O–H groups in total. The summed E-state index contributed by atoms with van der Waals surface area (Å²) >= 11 is 0. The van der Waals surface area contributed by atoms with E-state index in [4.69, 9.17) is 14.2 Å². The molecule has 1 fully saturated rings. The van der Waals surface area contributed by atoms with E-state index in [1.807, 2.05) is 25.1 Å². The fourth-order valence-corrected chi connectivity index (χ4v) is 2.80. The normalized spacial score (nSPS) is 16.7. The van der Waals surface area contributed by atoms with Crippen LogP contribution < -0.4 is 10.1 Å². The van der Waals surface area contributed by atoms with Crippen LogP contribution in [0.5, 0.6) is 5.75 Å². The molecule has 0 radical (unpaired) electrons. The zero-order valence-corrected chi connectivity index (χ0v) is 15.2. The number of carbonyl (C=O) groups excluding carboxylic acids is 2. The van der Waals surface area contributed by atoms with Crippen LogP contribution in [0, 0.1) is 6.92 Å². The van der Waals surface area contributed by atoms with Crippen molar-refractivity contribution in [1.82, 2.24) is 5.32 Å². The molecule has 138 valence electrons. The second-order valence-electron chi connectivity index (χ2n) is 6.56. The molecule has 1 amide bonds. The fraction of sp³-hybridized carbons (Fsp3) is 0.579. The Morgan fingerprint density at radius 3 is 2.76 bits per heavy atom. The zero-order chi connectivity index (χ0) is 18.2. The summed E-state index contributed by atoms with van der Waals surface area (Å²) in [5, 5.41) is 2.70. The average molecular weight is 349 g/mol. The summed E-state index contributed by atoms with van der Waals surface area (Å²) in [6.45, 7) is 6.94. The van der Waals surface area contributed by atoms with E-state index < -0.39 is 5.97 Å². The second-order valence-corrected chi connectivity index (χ2v) is 6.56. The van der Waals surface area contributed by atoms with Gasteiger partial charge in [0.2, 0.25) is 0 Å². The maximum absolute atomic E-state index is 11.7. The Bertz CT molecular complexity index is 593. The Morgan fingerprint density at radius 1 is 1.32 bits per heavy atom. The molecule has 1 saturated heterocycles. The molecule has 0 bridgehead atoms. The van der Waals surface area contributed by atoms with Crippen molar-refractivity contribution >= 4 is 11.9 Å². The predicted octanol–water partition coefficient (Wildman–Crippen LogP) is 2.34. The maximum atomic E-state index is 11.7. The van der Waals surface area contributed by atoms with E-state index >= 15 is 0 Å². The highest BCUT2D eigenvalue weighted by atomic mass is 16.6. The van der Waals surface area contributed by atoms with Gasteiger partial charge in [-0.25, -0.2) is 4.79 Å². The highest BCUT2D eigenvalue weighted by Gasteiger charge is 2.16. The number of aryl methyl sites for hydroxylation is 1. The molecule has 0 aromatic heterocycles. The number of hydrogen-bond acceptors (Lipinski definition) is 5. The molecule has 1 aliphatic heterocycles. The lowest BCUT2D eigenvalue weighted by Crippen LogP contribution is -2.35. The van der Waals surface area contributed by atoms with Crippen LogP contribution in [0.2, 0.25) is 0 Å². The zero-order valence-electron chi connectivity index (χ0n) is 15.2. The van der Waals surface area contributed by atoms with Gasteiger partial charge in [0.1, 0.15) is 5.75 Å². The first kappa shape index (κ1) is 19.2. The van der Waals surface area contributed by atoms with Gasteiger partial charge in [-0.3, -0.25) is 4.79 Å². The minimum absolute atomic E-state index is 0.0695. The minimum Gasteiger partial charge on any atom is -0.482 e. The van der Waals surface area contributed by atoms with Crippen molar-refractivity contribution in [2.75, 3.05) is 26.4 Å². The molecule has 6 heteroatoms. The lowest BCUT2D eigenvalue weighted by Gasteiger charge is -2.13. The van der Waals surface area contributed by atoms with Crippen LogP contribution >= 0.6 is 0 Å². The van der Waals surface area contributed by atoms with Crippen LogP contribution in [-0.4, -0.2) is 44.3 Å². The Balaban J connectivity index is 1.66. The van der Waals surface area contributed by atoms with Gasteiger partial charge in [-0.15, -0.1) is 0 Å². The molecule has 0 spiro atoms. The number of rotatable bonds is 8. The molecule has 6 nitrogen and oxygen atoms in total. The number of amides is 1. The monoisotopic (exact) mass is 349 g/mol. The van der Waals surface area contributed by atoms with Gasteiger partial charge in [0, 0.05) is 13.2 Å². The van der Waals surface area contributed by atoms with Gasteiger partial charge in [0.15, 0.2) is 13.2 Å². The second kappa shape index (κ2) is 9.42. The molecule has 0 saturated carbocycles. The van der Waals surface area contributed by atoms with Crippen molar-refractivity contribution in [3.05, 3.63) is 29.3 Å². The topological polar surface area (TPSA) is 73.9 Å². The van der Waals surface area contributed by atoms with Crippen molar-refractivity contribution in [3.63, 3.8) is 0 Å². The molecule has 1 aliphatic rings. The molecule has 0 aliphatic carbocycles. The van der Waals surface area contributed by atoms with Crippen LogP contribution in [-0.2, 0) is 19.1 Å². The van der Waals surface area contributed by atoms with Gasteiger partial charge in [0.05, 0.1) is 6.10 Å². The number of benzene rings is 1. The first-order chi connectivity index (χ1) is 12.0. The standard InChI is InChI=1S/C19H27NO5/c1-13(2)17-7-6-15(9-14(17)3)24-12-19(22)25-11-18(21)20-10-16-5-4-8-23-16/h6-7,9,13,16H,4-5,8,10-12H2,1-3H3,(H,20,21)/t16-/m0/s1. The van der Waals surface area contributed by atoms with Gasteiger partial charge >= 0.3 is 5.97 Å². The van der Waals surface area contributed by atoms with Gasteiger partial charge in [-0.05, 0) is 48.9 Å². The SMILES string of the molecule is Cc1cc(OCC(=O)OCC(=O)NC[C@@H]2CCCO2)ccc1C(C)C.